The number of aryl methyl sites for hydroxylation is 2. The number of para-hydroxylation sites is 1. The van der Waals surface area contributed by atoms with Gasteiger partial charge in [0.25, 0.3) is 5.65 Å². The first-order valence-electron chi connectivity index (χ1n) is 22.4. The van der Waals surface area contributed by atoms with E-state index >= 15 is 0 Å². The molecule has 12 rings (SSSR count). The van der Waals surface area contributed by atoms with Gasteiger partial charge in [0.2, 0.25) is 6.71 Å². The highest BCUT2D eigenvalue weighted by Crippen LogP contribution is 2.44. The fourth-order valence-electron chi connectivity index (χ4n) is 11.0. The van der Waals surface area contributed by atoms with Crippen LogP contribution in [0.15, 0.2) is 131 Å². The van der Waals surface area contributed by atoms with Crippen LogP contribution in [-0.4, -0.2) is 15.7 Å². The minimum Gasteiger partial charge on any atom is -0.310 e. The second-order valence-corrected chi connectivity index (χ2v) is 22.5. The summed E-state index contributed by atoms with van der Waals surface area (Å²) in [5.41, 5.74) is 21.1. The Bertz CT molecular complexity index is 3640. The summed E-state index contributed by atoms with van der Waals surface area (Å²) in [6.45, 7) is 23.5. The van der Waals surface area contributed by atoms with Gasteiger partial charge >= 0.3 is 0 Å². The second-order valence-electron chi connectivity index (χ2n) is 21.4. The Morgan fingerprint density at radius 1 is 0.532 bits per heavy atom. The lowest BCUT2D eigenvalue weighted by molar-refractivity contribution is -0.617. The highest BCUT2D eigenvalue weighted by atomic mass is 32.2. The van der Waals surface area contributed by atoms with Crippen molar-refractivity contribution in [2.45, 2.75) is 95.3 Å². The highest BCUT2D eigenvalue weighted by molar-refractivity contribution is 8.00. The van der Waals surface area contributed by atoms with Gasteiger partial charge in [0.1, 0.15) is 5.52 Å². The lowest BCUT2D eigenvalue weighted by atomic mass is 9.35. The van der Waals surface area contributed by atoms with Crippen molar-refractivity contribution in [2.75, 3.05) is 0 Å². The van der Waals surface area contributed by atoms with E-state index in [9.17, 15) is 0 Å². The second kappa shape index (κ2) is 12.4. The molecule has 3 aromatic heterocycles. The fourth-order valence-corrected chi connectivity index (χ4v) is 12.2. The number of imidazole rings is 1. The molecule has 10 aromatic rings. The van der Waals surface area contributed by atoms with Crippen LogP contribution in [0, 0.1) is 6.92 Å². The molecule has 3 nitrogen and oxygen atoms in total. The van der Waals surface area contributed by atoms with Crippen molar-refractivity contribution in [3.63, 3.8) is 0 Å². The van der Waals surface area contributed by atoms with Gasteiger partial charge in [-0.2, -0.15) is 4.40 Å². The normalized spacial score (nSPS) is 14.0. The summed E-state index contributed by atoms with van der Waals surface area (Å²) >= 11 is 1.96. The van der Waals surface area contributed by atoms with Gasteiger partial charge in [-0.15, -0.1) is 0 Å². The molecule has 0 fully saturated rings. The Balaban J connectivity index is 1.19. The van der Waals surface area contributed by atoms with E-state index in [1.54, 1.807) is 0 Å². The summed E-state index contributed by atoms with van der Waals surface area (Å²) in [6, 6.07) is 47.5. The van der Waals surface area contributed by atoms with Crippen LogP contribution < -0.4 is 21.0 Å². The van der Waals surface area contributed by atoms with Crippen LogP contribution in [0.5, 0.6) is 0 Å². The van der Waals surface area contributed by atoms with Crippen LogP contribution in [0.1, 0.15) is 84.6 Å². The molecule has 0 saturated heterocycles. The van der Waals surface area contributed by atoms with Crippen LogP contribution in [0.4, 0.5) is 0 Å². The smallest absolute Gasteiger partial charge is 0.295 e. The molecular weight excluding hydrogens is 770 g/mol. The molecule has 62 heavy (non-hydrogen) atoms. The minimum atomic E-state index is -0.0121. The zero-order valence-electron chi connectivity index (χ0n) is 37.9. The summed E-state index contributed by atoms with van der Waals surface area (Å²) < 4.78 is 7.56. The van der Waals surface area contributed by atoms with E-state index in [1.165, 1.54) is 125 Å². The largest absolute Gasteiger partial charge is 0.310 e. The number of aromatic nitrogens is 3. The predicted molar refractivity (Wildman–Crippen MR) is 267 cm³/mol. The van der Waals surface area contributed by atoms with E-state index in [-0.39, 0.29) is 23.0 Å². The molecule has 2 aliphatic rings. The Kier molecular flexibility index (Phi) is 7.62. The Morgan fingerprint density at radius 3 is 2.00 bits per heavy atom. The van der Waals surface area contributed by atoms with Gasteiger partial charge in [0.15, 0.2) is 11.0 Å². The number of rotatable bonds is 1. The van der Waals surface area contributed by atoms with Gasteiger partial charge in [-0.1, -0.05) is 140 Å². The standard InChI is InChI=1S/C57H53BN3S/c1-32-15-14-17-39-38-16-12-13-18-44(38)61-47-25-33(19-22-46(47)59(11)54(61)51(32)39)34-26-48-52-50(27-34)62-49-24-21-36(56(5,6)7)30-42(49)58(52)43-31-37(57(8,9)10)29-41-40-28-35(55(2,3)4)20-23-45(40)60(48)53(41)43/h12-31H,1-11H3/q+1. The van der Waals surface area contributed by atoms with Crippen molar-refractivity contribution in [3.8, 4) is 16.8 Å². The molecule has 0 aliphatic carbocycles. The summed E-state index contributed by atoms with van der Waals surface area (Å²) in [7, 11) is 2.23. The third-order valence-corrected chi connectivity index (χ3v) is 15.5. The van der Waals surface area contributed by atoms with Gasteiger partial charge in [0, 0.05) is 42.5 Å². The first-order valence-corrected chi connectivity index (χ1v) is 23.2. The molecule has 0 radical (unpaired) electrons. The van der Waals surface area contributed by atoms with Gasteiger partial charge in [-0.25, -0.2) is 4.57 Å². The summed E-state index contributed by atoms with van der Waals surface area (Å²) in [6.07, 6.45) is 0. The van der Waals surface area contributed by atoms with E-state index in [4.69, 9.17) is 0 Å². The molecule has 0 atom stereocenters. The van der Waals surface area contributed by atoms with Crippen LogP contribution in [0.25, 0.3) is 77.0 Å². The monoisotopic (exact) mass is 822 g/mol. The van der Waals surface area contributed by atoms with E-state index in [0.29, 0.717) is 0 Å². The van der Waals surface area contributed by atoms with Crippen LogP contribution in [-0.2, 0) is 23.3 Å². The highest BCUT2D eigenvalue weighted by Gasteiger charge is 2.41. The Hall–Kier alpha value is -5.78. The molecule has 0 amide bonds. The first-order chi connectivity index (χ1) is 29.5. The van der Waals surface area contributed by atoms with Gasteiger partial charge < -0.3 is 4.57 Å². The Labute approximate surface area is 369 Å². The van der Waals surface area contributed by atoms with Crippen molar-refractivity contribution >= 4 is 95.0 Å². The molecule has 304 valence electrons. The Morgan fingerprint density at radius 2 is 1.23 bits per heavy atom. The first kappa shape index (κ1) is 37.9. The average molecular weight is 823 g/mol. The van der Waals surface area contributed by atoms with Crippen LogP contribution in [0.3, 0.4) is 0 Å². The topological polar surface area (TPSA) is 13.2 Å². The van der Waals surface area contributed by atoms with E-state index in [2.05, 4.69) is 211 Å². The average Bonchev–Trinajstić information content (AvgIpc) is 3.72. The quantitative estimate of drug-likeness (QED) is 0.0913. The molecule has 0 bridgehead atoms. The molecule has 0 saturated carbocycles. The SMILES string of the molecule is Cc1cccc2c3ccccc3n3c4cc(-c5cc6c7c(c5)-n5c8ccc(C(C)(C)C)cc8c8cc(C(C)(C)C)cc(c85)B7c5cc(C(C)(C)C)ccc5S6)ccc4[n+](C)c3c12. The molecule has 5 heteroatoms. The zero-order chi connectivity index (χ0) is 42.9. The lowest BCUT2D eigenvalue weighted by Crippen LogP contribution is -2.59. The number of hydrogen-bond acceptors (Lipinski definition) is 1. The van der Waals surface area contributed by atoms with Crippen molar-refractivity contribution < 1.29 is 4.57 Å². The number of hydrogen-bond donors (Lipinski definition) is 0. The zero-order valence-corrected chi connectivity index (χ0v) is 38.7. The molecule has 5 heterocycles. The maximum Gasteiger partial charge on any atom is 0.295 e. The van der Waals surface area contributed by atoms with Gasteiger partial charge in [0.05, 0.1) is 18.0 Å². The predicted octanol–water partition coefficient (Wildman–Crippen LogP) is 12.5. The number of benzene rings is 7. The maximum atomic E-state index is 2.64. The van der Waals surface area contributed by atoms with E-state index in [0.717, 1.165) is 0 Å². The maximum absolute atomic E-state index is 2.64. The molecule has 0 unspecified atom stereocenters. The third-order valence-electron chi connectivity index (χ3n) is 14.4. The number of pyridine rings is 1. The molecular formula is C57H53BN3S+. The minimum absolute atomic E-state index is 0.0121. The summed E-state index contributed by atoms with van der Waals surface area (Å²) in [5.74, 6) is 0. The number of fused-ring (bicyclic) bond motifs is 15. The molecule has 7 aromatic carbocycles. The van der Waals surface area contributed by atoms with Crippen LogP contribution >= 0.6 is 11.8 Å². The summed E-state index contributed by atoms with van der Waals surface area (Å²) in [5, 5.41) is 6.60. The van der Waals surface area contributed by atoms with Crippen molar-refractivity contribution in [3.05, 3.63) is 144 Å². The molecule has 0 N–H and O–H groups in total. The van der Waals surface area contributed by atoms with E-state index < -0.39 is 0 Å². The molecule has 2 aliphatic heterocycles. The van der Waals surface area contributed by atoms with E-state index in [1.807, 2.05) is 11.8 Å². The number of nitrogens with zero attached hydrogens (tertiary/aromatic N) is 3. The summed E-state index contributed by atoms with van der Waals surface area (Å²) in [4.78, 5) is 2.71. The van der Waals surface area contributed by atoms with Crippen molar-refractivity contribution in [1.82, 2.24) is 8.97 Å². The van der Waals surface area contributed by atoms with Crippen LogP contribution in [0.2, 0.25) is 0 Å². The molecule has 0 spiro atoms. The van der Waals surface area contributed by atoms with Gasteiger partial charge in [-0.3, -0.25) is 0 Å². The van der Waals surface area contributed by atoms with Gasteiger partial charge in [-0.05, 0) is 128 Å². The fraction of sp³-hybridized carbons (Fsp3) is 0.246. The van der Waals surface area contributed by atoms with Crippen molar-refractivity contribution in [2.24, 2.45) is 7.05 Å². The third kappa shape index (κ3) is 5.18. The lowest BCUT2D eigenvalue weighted by Gasteiger charge is -2.35. The van der Waals surface area contributed by atoms with Crippen molar-refractivity contribution in [1.29, 1.82) is 0 Å².